The van der Waals surface area contributed by atoms with E-state index in [1.807, 2.05) is 18.2 Å². The molecule has 2 aromatic carbocycles. The van der Waals surface area contributed by atoms with Crippen molar-refractivity contribution in [1.82, 2.24) is 14.8 Å². The average molecular weight is 471 g/mol. The van der Waals surface area contributed by atoms with Crippen LogP contribution in [0.3, 0.4) is 0 Å². The Morgan fingerprint density at radius 3 is 2.53 bits per heavy atom. The van der Waals surface area contributed by atoms with Crippen molar-refractivity contribution in [3.63, 3.8) is 0 Å². The number of ether oxygens (including phenoxy) is 2. The van der Waals surface area contributed by atoms with Gasteiger partial charge in [-0.1, -0.05) is 35.3 Å². The van der Waals surface area contributed by atoms with Crippen LogP contribution < -0.4 is 14.8 Å². The van der Waals surface area contributed by atoms with Crippen LogP contribution in [-0.2, 0) is 4.79 Å². The van der Waals surface area contributed by atoms with Crippen molar-refractivity contribution in [1.29, 1.82) is 0 Å². The van der Waals surface area contributed by atoms with Crippen molar-refractivity contribution in [3.05, 3.63) is 75.2 Å². The van der Waals surface area contributed by atoms with Gasteiger partial charge < -0.3 is 14.8 Å². The van der Waals surface area contributed by atoms with Crippen molar-refractivity contribution >= 4 is 34.9 Å². The van der Waals surface area contributed by atoms with Crippen LogP contribution in [-0.4, -0.2) is 34.8 Å². The van der Waals surface area contributed by atoms with Gasteiger partial charge in [-0.3, -0.25) is 4.79 Å². The lowest BCUT2D eigenvalue weighted by Crippen LogP contribution is -2.33. The van der Waals surface area contributed by atoms with Gasteiger partial charge in [0.05, 0.1) is 14.2 Å². The number of ketones is 1. The van der Waals surface area contributed by atoms with Crippen LogP contribution in [0.25, 0.3) is 0 Å². The Balaban J connectivity index is 1.59. The maximum absolute atomic E-state index is 13.5. The molecule has 5 rings (SSSR count). The number of hydrogen-bond donors (Lipinski definition) is 1. The second-order valence-corrected chi connectivity index (χ2v) is 8.54. The van der Waals surface area contributed by atoms with Gasteiger partial charge in [-0.2, -0.15) is 10.1 Å². The van der Waals surface area contributed by atoms with Crippen LogP contribution in [0.4, 0.5) is 5.95 Å². The molecule has 0 saturated heterocycles. The van der Waals surface area contributed by atoms with Gasteiger partial charge in [0.25, 0.3) is 0 Å². The Labute approximate surface area is 195 Å². The molecule has 1 aliphatic carbocycles. The smallest absolute Gasteiger partial charge is 0.226 e. The predicted octanol–water partition coefficient (Wildman–Crippen LogP) is 5.02. The van der Waals surface area contributed by atoms with Gasteiger partial charge in [0, 0.05) is 33.3 Å². The summed E-state index contributed by atoms with van der Waals surface area (Å²) in [4.78, 5) is 17.9. The molecule has 32 heavy (non-hydrogen) atoms. The second kappa shape index (κ2) is 8.15. The minimum absolute atomic E-state index is 0.0145. The molecule has 0 saturated carbocycles. The van der Waals surface area contributed by atoms with Crippen molar-refractivity contribution in [2.24, 2.45) is 0 Å². The number of benzene rings is 2. The van der Waals surface area contributed by atoms with Crippen LogP contribution in [0, 0.1) is 0 Å². The molecule has 1 N–H and O–H groups in total. The Bertz CT molecular complexity index is 1230. The lowest BCUT2D eigenvalue weighted by Gasteiger charge is -2.35. The van der Waals surface area contributed by atoms with Crippen LogP contribution in [0.5, 0.6) is 11.5 Å². The van der Waals surface area contributed by atoms with E-state index in [2.05, 4.69) is 15.4 Å². The number of carbonyl (C=O) groups is 1. The minimum atomic E-state index is -0.538. The van der Waals surface area contributed by atoms with Gasteiger partial charge in [0.2, 0.25) is 5.95 Å². The number of anilines is 1. The molecule has 0 amide bonds. The minimum Gasteiger partial charge on any atom is -0.493 e. The van der Waals surface area contributed by atoms with Gasteiger partial charge in [0.15, 0.2) is 17.3 Å². The Morgan fingerprint density at radius 1 is 1.06 bits per heavy atom. The van der Waals surface area contributed by atoms with Crippen molar-refractivity contribution in [2.45, 2.75) is 24.8 Å². The molecule has 2 unspecified atom stereocenters. The monoisotopic (exact) mass is 470 g/mol. The molecule has 0 spiro atoms. The number of fused-ring (bicyclic) bond motifs is 1. The summed E-state index contributed by atoms with van der Waals surface area (Å²) >= 11 is 13.1. The van der Waals surface area contributed by atoms with Crippen molar-refractivity contribution in [3.8, 4) is 11.5 Å². The number of nitrogens with one attached hydrogen (secondary N) is 1. The summed E-state index contributed by atoms with van der Waals surface area (Å²) in [6.07, 6.45) is 2.43. The fourth-order valence-corrected chi connectivity index (χ4v) is 5.14. The first-order chi connectivity index (χ1) is 15.5. The molecule has 2 aliphatic rings. The molecule has 1 aromatic heterocycles. The molecular formula is C23H20Cl2N4O3. The summed E-state index contributed by atoms with van der Waals surface area (Å²) in [5.41, 5.74) is 3.08. The number of methoxy groups -OCH3 is 2. The van der Waals surface area contributed by atoms with Crippen molar-refractivity contribution < 1.29 is 14.3 Å². The number of hydrogen-bond acceptors (Lipinski definition) is 6. The van der Waals surface area contributed by atoms with E-state index in [4.69, 9.17) is 32.7 Å². The highest BCUT2D eigenvalue weighted by Gasteiger charge is 2.40. The number of rotatable bonds is 4. The molecule has 164 valence electrons. The molecule has 3 aromatic rings. The third kappa shape index (κ3) is 3.32. The average Bonchev–Trinajstić information content (AvgIpc) is 3.26. The van der Waals surface area contributed by atoms with Gasteiger partial charge in [-0.05, 0) is 42.2 Å². The largest absolute Gasteiger partial charge is 0.493 e. The van der Waals surface area contributed by atoms with Gasteiger partial charge in [-0.15, -0.1) is 0 Å². The van der Waals surface area contributed by atoms with Crippen LogP contribution in [0.1, 0.15) is 35.9 Å². The van der Waals surface area contributed by atoms with E-state index in [9.17, 15) is 4.79 Å². The number of carbonyl (C=O) groups excluding carboxylic acids is 1. The number of halogens is 2. The standard InChI is InChI=1S/C23H20Cl2N4O3/c1-31-18-7-6-12(10-19(18)32-2)13-8-16-21(17(30)9-13)22(29-23(28-16)26-11-27-29)20-14(24)4-3-5-15(20)25/h3-7,10-11,13,22H,8-9H2,1-2H3,(H,26,27,28). The molecule has 2 atom stereocenters. The fourth-order valence-electron chi connectivity index (χ4n) is 4.53. The highest BCUT2D eigenvalue weighted by Crippen LogP contribution is 2.47. The van der Waals surface area contributed by atoms with Gasteiger partial charge >= 0.3 is 0 Å². The quantitative estimate of drug-likeness (QED) is 0.576. The number of allylic oxidation sites excluding steroid dienone is 2. The van der Waals surface area contributed by atoms with E-state index in [0.29, 0.717) is 51.5 Å². The molecule has 2 heterocycles. The summed E-state index contributed by atoms with van der Waals surface area (Å²) in [7, 11) is 3.20. The van der Waals surface area contributed by atoms with Crippen LogP contribution >= 0.6 is 23.2 Å². The second-order valence-electron chi connectivity index (χ2n) is 7.73. The summed E-state index contributed by atoms with van der Waals surface area (Å²) in [6, 6.07) is 10.5. The highest BCUT2D eigenvalue weighted by molar-refractivity contribution is 6.36. The first kappa shape index (κ1) is 20.8. The molecule has 0 bridgehead atoms. The van der Waals surface area contributed by atoms with E-state index in [-0.39, 0.29) is 11.7 Å². The Kier molecular flexibility index (Phi) is 5.31. The third-order valence-electron chi connectivity index (χ3n) is 6.01. The first-order valence-electron chi connectivity index (χ1n) is 10.1. The van der Waals surface area contributed by atoms with E-state index >= 15 is 0 Å². The maximum atomic E-state index is 13.5. The van der Waals surface area contributed by atoms with Crippen molar-refractivity contribution in [2.75, 3.05) is 19.5 Å². The van der Waals surface area contributed by atoms with Crippen LogP contribution in [0.2, 0.25) is 10.0 Å². The summed E-state index contributed by atoms with van der Waals surface area (Å²) in [5, 5.41) is 8.61. The Hall–Kier alpha value is -3.03. The summed E-state index contributed by atoms with van der Waals surface area (Å²) in [6.45, 7) is 0. The zero-order valence-corrected chi connectivity index (χ0v) is 18.9. The number of aromatic nitrogens is 3. The highest BCUT2D eigenvalue weighted by atomic mass is 35.5. The zero-order chi connectivity index (χ0) is 22.4. The molecule has 0 radical (unpaired) electrons. The van der Waals surface area contributed by atoms with Gasteiger partial charge in [-0.25, -0.2) is 4.68 Å². The lowest BCUT2D eigenvalue weighted by atomic mass is 9.78. The lowest BCUT2D eigenvalue weighted by molar-refractivity contribution is -0.116. The van der Waals surface area contributed by atoms with E-state index in [1.54, 1.807) is 37.1 Å². The summed E-state index contributed by atoms with van der Waals surface area (Å²) < 4.78 is 12.5. The van der Waals surface area contributed by atoms with E-state index in [0.717, 1.165) is 11.3 Å². The molecular weight excluding hydrogens is 451 g/mol. The predicted molar refractivity (Wildman–Crippen MR) is 122 cm³/mol. The topological polar surface area (TPSA) is 78.3 Å². The number of Topliss-reactive ketones (excluding diaryl/α,β-unsaturated/α-hetero) is 1. The molecule has 7 nitrogen and oxygen atoms in total. The third-order valence-corrected chi connectivity index (χ3v) is 6.67. The van der Waals surface area contributed by atoms with E-state index in [1.165, 1.54) is 6.33 Å². The molecule has 1 aliphatic heterocycles. The fraction of sp³-hybridized carbons (Fsp3) is 0.261. The van der Waals surface area contributed by atoms with Crippen LogP contribution in [0.15, 0.2) is 54.0 Å². The molecule has 9 heteroatoms. The summed E-state index contributed by atoms with van der Waals surface area (Å²) in [5.74, 6) is 1.82. The van der Waals surface area contributed by atoms with E-state index < -0.39 is 6.04 Å². The zero-order valence-electron chi connectivity index (χ0n) is 17.4. The normalized spacial score (nSPS) is 19.8. The SMILES string of the molecule is COc1ccc(C2CC(=O)C3=C(C2)Nc2ncnn2C3c2c(Cl)cccc2Cl)cc1OC. The van der Waals surface area contributed by atoms with Gasteiger partial charge in [0.1, 0.15) is 12.4 Å². The number of nitrogens with zero attached hydrogens (tertiary/aromatic N) is 3. The molecule has 0 fully saturated rings. The maximum Gasteiger partial charge on any atom is 0.226 e. The first-order valence-corrected chi connectivity index (χ1v) is 10.9. The Morgan fingerprint density at radius 2 is 1.81 bits per heavy atom.